The molecule has 0 saturated carbocycles. The van der Waals surface area contributed by atoms with Crippen LogP contribution in [0.25, 0.3) is 21.8 Å². The molecule has 0 unspecified atom stereocenters. The van der Waals surface area contributed by atoms with Crippen molar-refractivity contribution >= 4 is 29.6 Å². The predicted molar refractivity (Wildman–Crippen MR) is 100 cm³/mol. The summed E-state index contributed by atoms with van der Waals surface area (Å²) in [5.41, 5.74) is 2.67. The fourth-order valence-electron chi connectivity index (χ4n) is 2.68. The monoisotopic (exact) mass is 461 g/mol. The molecule has 1 aliphatic carbocycles. The van der Waals surface area contributed by atoms with E-state index in [1.807, 2.05) is 12.2 Å². The Balaban J connectivity index is 0.000000254. The zero-order valence-corrected chi connectivity index (χ0v) is 16.8. The maximum Gasteiger partial charge on any atom is 2.00 e. The molecule has 1 aliphatic rings. The van der Waals surface area contributed by atoms with Gasteiger partial charge in [0.25, 0.3) is 0 Å². The summed E-state index contributed by atoms with van der Waals surface area (Å²) in [5, 5.41) is 2.71. The van der Waals surface area contributed by atoms with Crippen molar-refractivity contribution in [2.24, 2.45) is 0 Å². The Labute approximate surface area is 169 Å². The molecule has 0 spiro atoms. The largest absolute Gasteiger partial charge is 2.00 e. The third-order valence-corrected chi connectivity index (χ3v) is 3.58. The van der Waals surface area contributed by atoms with Crippen LogP contribution in [0.2, 0.25) is 0 Å². The Morgan fingerprint density at radius 2 is 1.29 bits per heavy atom. The number of fused-ring (bicyclic) bond motifs is 3. The van der Waals surface area contributed by atoms with Crippen molar-refractivity contribution in [3.8, 4) is 0 Å². The van der Waals surface area contributed by atoms with Crippen LogP contribution < -0.4 is 0 Å². The van der Waals surface area contributed by atoms with Gasteiger partial charge in [0.05, 0.1) is 0 Å². The van der Waals surface area contributed by atoms with Gasteiger partial charge in [-0.1, -0.05) is 36.4 Å². The van der Waals surface area contributed by atoms with E-state index in [2.05, 4.69) is 72.2 Å². The number of benzene rings is 2. The number of aryl methyl sites for hydroxylation is 1. The van der Waals surface area contributed by atoms with Crippen LogP contribution in [-0.4, -0.2) is 4.57 Å². The topological polar surface area (TPSA) is 4.93 Å². The second kappa shape index (κ2) is 8.32. The van der Waals surface area contributed by atoms with Gasteiger partial charge in [-0.3, -0.25) is 6.08 Å². The molecular weight excluding hydrogens is 443 g/mol. The molecule has 4 rings (SSSR count). The molecule has 0 bridgehead atoms. The first-order valence-corrected chi connectivity index (χ1v) is 10.1. The van der Waals surface area contributed by atoms with Crippen LogP contribution >= 0.6 is 7.81 Å². The summed E-state index contributed by atoms with van der Waals surface area (Å²) in [5.74, 6) is 0. The SMILES string of the molecule is CCn1c2ccccc2c2ccccc21.F[P-](F)(F)(F)(F)F.[C-]1=CC=CC1.[Fe+2]. The normalized spacial score (nSPS) is 15.0. The molecular formula is C19H18F6FeNP. The smallest absolute Gasteiger partial charge is 0.273 e. The Morgan fingerprint density at radius 3 is 1.57 bits per heavy atom. The zero-order valence-electron chi connectivity index (χ0n) is 14.8. The van der Waals surface area contributed by atoms with Crippen LogP contribution in [0.15, 0.2) is 66.8 Å². The molecule has 0 atom stereocenters. The minimum absolute atomic E-state index is 0. The Bertz CT molecular complexity index is 916. The van der Waals surface area contributed by atoms with Crippen LogP contribution in [-0.2, 0) is 23.6 Å². The van der Waals surface area contributed by atoms with Crippen molar-refractivity contribution < 1.29 is 42.3 Å². The van der Waals surface area contributed by atoms with E-state index in [1.165, 1.54) is 21.8 Å². The number of para-hydroxylation sites is 2. The third kappa shape index (κ3) is 8.51. The van der Waals surface area contributed by atoms with Crippen LogP contribution in [0.4, 0.5) is 25.2 Å². The molecule has 2 aromatic carbocycles. The quantitative estimate of drug-likeness (QED) is 0.148. The van der Waals surface area contributed by atoms with Crippen molar-refractivity contribution in [2.75, 3.05) is 0 Å². The first-order valence-electron chi connectivity index (χ1n) is 8.11. The Kier molecular flexibility index (Phi) is 7.22. The molecule has 1 nitrogen and oxygen atoms in total. The predicted octanol–water partition coefficient (Wildman–Crippen LogP) is 8.50. The van der Waals surface area contributed by atoms with E-state index in [0.717, 1.165) is 13.0 Å². The molecule has 1 heterocycles. The van der Waals surface area contributed by atoms with Gasteiger partial charge >= 0.3 is 50.1 Å². The minimum atomic E-state index is -10.7. The summed E-state index contributed by atoms with van der Waals surface area (Å²) in [6.07, 6.45) is 10.0. The van der Waals surface area contributed by atoms with Crippen molar-refractivity contribution in [1.82, 2.24) is 4.57 Å². The first kappa shape index (κ1) is 24.3. The summed E-state index contributed by atoms with van der Waals surface area (Å²) >= 11 is 0. The van der Waals surface area contributed by atoms with Gasteiger partial charge in [-0.15, -0.1) is 6.42 Å². The minimum Gasteiger partial charge on any atom is -0.273 e. The van der Waals surface area contributed by atoms with Gasteiger partial charge in [0.1, 0.15) is 0 Å². The molecule has 0 amide bonds. The second-order valence-electron chi connectivity index (χ2n) is 5.74. The molecule has 0 fully saturated rings. The summed E-state index contributed by atoms with van der Waals surface area (Å²) in [4.78, 5) is 0. The van der Waals surface area contributed by atoms with Gasteiger partial charge < -0.3 is 4.57 Å². The number of aromatic nitrogens is 1. The third-order valence-electron chi connectivity index (χ3n) is 3.58. The van der Waals surface area contributed by atoms with E-state index in [9.17, 15) is 25.2 Å². The molecule has 28 heavy (non-hydrogen) atoms. The van der Waals surface area contributed by atoms with Crippen molar-refractivity contribution in [1.29, 1.82) is 0 Å². The Hall–Kier alpha value is -1.75. The molecule has 0 radical (unpaired) electrons. The molecule has 1 aromatic heterocycles. The fourth-order valence-corrected chi connectivity index (χ4v) is 2.68. The van der Waals surface area contributed by atoms with E-state index in [4.69, 9.17) is 0 Å². The van der Waals surface area contributed by atoms with E-state index >= 15 is 0 Å². The van der Waals surface area contributed by atoms with E-state index < -0.39 is 7.81 Å². The zero-order chi connectivity index (χ0) is 20.2. The summed E-state index contributed by atoms with van der Waals surface area (Å²) in [7, 11) is -10.7. The van der Waals surface area contributed by atoms with Crippen LogP contribution in [0.5, 0.6) is 0 Å². The summed E-state index contributed by atoms with van der Waals surface area (Å²) < 4.78 is 61.6. The van der Waals surface area contributed by atoms with Crippen molar-refractivity contribution in [2.45, 2.75) is 19.9 Å². The molecule has 0 N–H and O–H groups in total. The second-order valence-corrected chi connectivity index (χ2v) is 7.66. The van der Waals surface area contributed by atoms with E-state index in [0.29, 0.717) is 0 Å². The van der Waals surface area contributed by atoms with Crippen molar-refractivity contribution in [3.63, 3.8) is 0 Å². The van der Waals surface area contributed by atoms with E-state index in [-0.39, 0.29) is 17.1 Å². The Morgan fingerprint density at radius 1 is 0.857 bits per heavy atom. The van der Waals surface area contributed by atoms with Crippen LogP contribution in [0, 0.1) is 6.08 Å². The summed E-state index contributed by atoms with van der Waals surface area (Å²) in [6.45, 7) is 3.22. The molecule has 0 aliphatic heterocycles. The van der Waals surface area contributed by atoms with E-state index in [1.54, 1.807) is 0 Å². The average Bonchev–Trinajstić information content (AvgIpc) is 3.22. The fraction of sp³-hybridized carbons (Fsp3) is 0.158. The number of allylic oxidation sites excluding steroid dienone is 4. The number of hydrogen-bond acceptors (Lipinski definition) is 0. The molecule has 0 saturated heterocycles. The van der Waals surface area contributed by atoms with Crippen LogP contribution in [0.1, 0.15) is 13.3 Å². The van der Waals surface area contributed by atoms with Gasteiger partial charge in [-0.05, 0) is 19.1 Å². The van der Waals surface area contributed by atoms with Gasteiger partial charge in [-0.25, -0.2) is 12.2 Å². The van der Waals surface area contributed by atoms with Gasteiger partial charge in [0.15, 0.2) is 0 Å². The van der Waals surface area contributed by atoms with Gasteiger partial charge in [0, 0.05) is 28.4 Å². The van der Waals surface area contributed by atoms with Gasteiger partial charge in [0.2, 0.25) is 0 Å². The number of rotatable bonds is 1. The maximum absolute atomic E-state index is 10.7. The maximum atomic E-state index is 9.87. The molecule has 3 aromatic rings. The first-order chi connectivity index (χ1) is 12.4. The number of nitrogens with zero attached hydrogens (tertiary/aromatic N) is 1. The number of hydrogen-bond donors (Lipinski definition) is 0. The van der Waals surface area contributed by atoms with Crippen LogP contribution in [0.3, 0.4) is 0 Å². The average molecular weight is 461 g/mol. The standard InChI is InChI=1S/C14H13N.C5H5.F6P.Fe/c1-2-15-13-9-5-3-7-11(13)12-8-4-6-10-14(12)15;1-2-4-5-3-1;1-7(2,3,4,5)6;/h3-10H,2H2,1H3;1-3H,4H2;;/q;2*-1;+2. The van der Waals surface area contributed by atoms with Crippen molar-refractivity contribution in [3.05, 3.63) is 72.8 Å². The summed E-state index contributed by atoms with van der Waals surface area (Å²) in [6, 6.07) is 17.2. The molecule has 9 heteroatoms. The molecule has 154 valence electrons. The van der Waals surface area contributed by atoms with Gasteiger partial charge in [-0.2, -0.15) is 6.08 Å². The number of halogens is 6.